The number of nitrogens with zero attached hydrogens (tertiary/aromatic N) is 3. The first-order chi connectivity index (χ1) is 10.6. The van der Waals surface area contributed by atoms with Crippen LogP contribution in [-0.4, -0.2) is 15.1 Å². The highest BCUT2D eigenvalue weighted by Gasteiger charge is 2.04. The lowest BCUT2D eigenvalue weighted by Gasteiger charge is -2.08. The summed E-state index contributed by atoms with van der Waals surface area (Å²) in [4.78, 5) is 8.65. The van der Waals surface area contributed by atoms with Gasteiger partial charge >= 0.3 is 0 Å². The van der Waals surface area contributed by atoms with E-state index in [1.54, 1.807) is 18.3 Å². The van der Waals surface area contributed by atoms with Crippen LogP contribution in [0.25, 0.3) is 0 Å². The van der Waals surface area contributed by atoms with E-state index in [1.165, 1.54) is 11.1 Å². The monoisotopic (exact) mass is 295 g/mol. The summed E-state index contributed by atoms with van der Waals surface area (Å²) in [6.45, 7) is 5.96. The Morgan fingerprint density at radius 2 is 1.68 bits per heavy atom. The number of aromatic nitrogens is 3. The quantitative estimate of drug-likeness (QED) is 0.760. The topological polar surface area (TPSA) is 75.9 Å². The van der Waals surface area contributed by atoms with Crippen molar-refractivity contribution in [1.29, 1.82) is 0 Å². The third-order valence-electron chi connectivity index (χ3n) is 3.02. The molecular weight excluding hydrogens is 278 g/mol. The molecule has 0 aliphatic rings. The first-order valence-electron chi connectivity index (χ1n) is 6.97. The van der Waals surface area contributed by atoms with Crippen LogP contribution in [0, 0.1) is 20.8 Å². The molecule has 0 fully saturated rings. The summed E-state index contributed by atoms with van der Waals surface area (Å²) < 4.78 is 5.02. The Hall–Kier alpha value is -2.89. The number of benzene rings is 1. The minimum Gasteiger partial charge on any atom is -0.360 e. The molecule has 2 aromatic heterocycles. The molecule has 22 heavy (non-hydrogen) atoms. The fourth-order valence-corrected chi connectivity index (χ4v) is 2.22. The van der Waals surface area contributed by atoms with E-state index in [0.717, 1.165) is 11.4 Å². The Labute approximate surface area is 128 Å². The van der Waals surface area contributed by atoms with Crippen molar-refractivity contribution >= 4 is 23.3 Å². The number of hydrogen-bond acceptors (Lipinski definition) is 6. The third kappa shape index (κ3) is 3.41. The molecular formula is C16H17N5O. The van der Waals surface area contributed by atoms with Gasteiger partial charge in [-0.05, 0) is 50.1 Å². The molecule has 6 nitrogen and oxygen atoms in total. The highest BCUT2D eigenvalue weighted by molar-refractivity contribution is 5.58. The second-order valence-corrected chi connectivity index (χ2v) is 5.21. The maximum atomic E-state index is 5.02. The lowest BCUT2D eigenvalue weighted by molar-refractivity contribution is 0.400. The van der Waals surface area contributed by atoms with Crippen molar-refractivity contribution in [3.8, 4) is 0 Å². The van der Waals surface area contributed by atoms with E-state index in [4.69, 9.17) is 4.52 Å². The summed E-state index contributed by atoms with van der Waals surface area (Å²) in [5, 5.41) is 10.2. The summed E-state index contributed by atoms with van der Waals surface area (Å²) in [7, 11) is 0. The number of hydrogen-bond donors (Lipinski definition) is 2. The van der Waals surface area contributed by atoms with Crippen LogP contribution < -0.4 is 10.6 Å². The molecule has 3 rings (SSSR count). The Morgan fingerprint density at radius 1 is 0.909 bits per heavy atom. The average molecular weight is 295 g/mol. The van der Waals surface area contributed by atoms with Gasteiger partial charge in [-0.25, -0.2) is 4.98 Å². The van der Waals surface area contributed by atoms with Crippen LogP contribution in [0.2, 0.25) is 0 Å². The van der Waals surface area contributed by atoms with Gasteiger partial charge in [0.2, 0.25) is 5.95 Å². The molecule has 0 saturated heterocycles. The first-order valence-corrected chi connectivity index (χ1v) is 6.97. The highest BCUT2D eigenvalue weighted by Crippen LogP contribution is 2.19. The molecule has 0 aliphatic heterocycles. The Kier molecular flexibility index (Phi) is 3.74. The molecule has 2 N–H and O–H groups in total. The van der Waals surface area contributed by atoms with Gasteiger partial charge in [-0.1, -0.05) is 11.2 Å². The largest absolute Gasteiger partial charge is 0.360 e. The Morgan fingerprint density at radius 3 is 2.36 bits per heavy atom. The molecule has 6 heteroatoms. The van der Waals surface area contributed by atoms with Gasteiger partial charge in [-0.2, -0.15) is 4.98 Å². The van der Waals surface area contributed by atoms with Crippen molar-refractivity contribution in [2.45, 2.75) is 20.8 Å². The van der Waals surface area contributed by atoms with Crippen molar-refractivity contribution < 1.29 is 4.52 Å². The maximum Gasteiger partial charge on any atom is 0.229 e. The lowest BCUT2D eigenvalue weighted by atomic mass is 10.1. The van der Waals surface area contributed by atoms with Gasteiger partial charge in [-0.3, -0.25) is 0 Å². The zero-order valence-electron chi connectivity index (χ0n) is 12.7. The van der Waals surface area contributed by atoms with Crippen LogP contribution in [0.1, 0.15) is 16.9 Å². The molecule has 0 unspecified atom stereocenters. The van der Waals surface area contributed by atoms with Crippen LogP contribution in [0.15, 0.2) is 41.1 Å². The third-order valence-corrected chi connectivity index (χ3v) is 3.02. The van der Waals surface area contributed by atoms with Crippen molar-refractivity contribution in [1.82, 2.24) is 15.1 Å². The zero-order valence-corrected chi connectivity index (χ0v) is 12.7. The summed E-state index contributed by atoms with van der Waals surface area (Å²) in [6, 6.07) is 9.81. The summed E-state index contributed by atoms with van der Waals surface area (Å²) in [6.07, 6.45) is 1.69. The molecule has 112 valence electrons. The lowest BCUT2D eigenvalue weighted by Crippen LogP contribution is -2.00. The normalized spacial score (nSPS) is 10.5. The molecule has 0 aliphatic carbocycles. The molecule has 2 heterocycles. The van der Waals surface area contributed by atoms with Gasteiger partial charge in [0.15, 0.2) is 5.82 Å². The zero-order chi connectivity index (χ0) is 15.5. The minimum absolute atomic E-state index is 0.523. The van der Waals surface area contributed by atoms with Gasteiger partial charge in [0.25, 0.3) is 0 Å². The summed E-state index contributed by atoms with van der Waals surface area (Å²) in [5.41, 5.74) is 3.34. The standard InChI is InChI=1S/C16H17N5O/c1-10-6-11(2)8-13(7-10)18-16-17-5-4-14(20-16)19-15-9-12(3)22-21-15/h4-9H,1-3H3,(H2,17,18,19,20,21). The van der Waals surface area contributed by atoms with Crippen LogP contribution in [0.4, 0.5) is 23.3 Å². The average Bonchev–Trinajstić information content (AvgIpc) is 2.83. The number of rotatable bonds is 4. The summed E-state index contributed by atoms with van der Waals surface area (Å²) >= 11 is 0. The molecule has 0 saturated carbocycles. The predicted octanol–water partition coefficient (Wildman–Crippen LogP) is 3.88. The minimum atomic E-state index is 0.523. The van der Waals surface area contributed by atoms with Crippen molar-refractivity contribution in [2.24, 2.45) is 0 Å². The molecule has 1 aromatic carbocycles. The van der Waals surface area contributed by atoms with Crippen LogP contribution >= 0.6 is 0 Å². The van der Waals surface area contributed by atoms with E-state index < -0.39 is 0 Å². The van der Waals surface area contributed by atoms with E-state index in [0.29, 0.717) is 17.6 Å². The summed E-state index contributed by atoms with van der Waals surface area (Å²) in [5.74, 6) is 2.53. The van der Waals surface area contributed by atoms with Gasteiger partial charge in [0, 0.05) is 18.0 Å². The molecule has 3 aromatic rings. The fourth-order valence-electron chi connectivity index (χ4n) is 2.22. The number of anilines is 4. The maximum absolute atomic E-state index is 5.02. The second-order valence-electron chi connectivity index (χ2n) is 5.21. The fraction of sp³-hybridized carbons (Fsp3) is 0.188. The Balaban J connectivity index is 1.78. The van der Waals surface area contributed by atoms with Gasteiger partial charge in [0.1, 0.15) is 11.6 Å². The van der Waals surface area contributed by atoms with E-state index >= 15 is 0 Å². The van der Waals surface area contributed by atoms with Crippen LogP contribution in [-0.2, 0) is 0 Å². The van der Waals surface area contributed by atoms with E-state index in [9.17, 15) is 0 Å². The molecule has 0 amide bonds. The van der Waals surface area contributed by atoms with E-state index in [2.05, 4.69) is 57.8 Å². The highest BCUT2D eigenvalue weighted by atomic mass is 16.5. The second kappa shape index (κ2) is 5.85. The van der Waals surface area contributed by atoms with Crippen molar-refractivity contribution in [3.63, 3.8) is 0 Å². The number of aryl methyl sites for hydroxylation is 3. The Bertz CT molecular complexity index is 776. The predicted molar refractivity (Wildman–Crippen MR) is 85.8 cm³/mol. The number of nitrogens with one attached hydrogen (secondary N) is 2. The first kappa shape index (κ1) is 14.1. The molecule has 0 spiro atoms. The van der Waals surface area contributed by atoms with Gasteiger partial charge < -0.3 is 15.2 Å². The van der Waals surface area contributed by atoms with E-state index in [-0.39, 0.29) is 0 Å². The van der Waals surface area contributed by atoms with E-state index in [1.807, 2.05) is 6.92 Å². The molecule has 0 atom stereocenters. The molecule has 0 radical (unpaired) electrons. The van der Waals surface area contributed by atoms with Crippen LogP contribution in [0.5, 0.6) is 0 Å². The van der Waals surface area contributed by atoms with Crippen LogP contribution in [0.3, 0.4) is 0 Å². The van der Waals surface area contributed by atoms with Gasteiger partial charge in [-0.15, -0.1) is 0 Å². The van der Waals surface area contributed by atoms with Crippen molar-refractivity contribution in [2.75, 3.05) is 10.6 Å². The van der Waals surface area contributed by atoms with Crippen molar-refractivity contribution in [3.05, 3.63) is 53.4 Å². The smallest absolute Gasteiger partial charge is 0.229 e. The van der Waals surface area contributed by atoms with Gasteiger partial charge in [0.05, 0.1) is 0 Å². The molecule has 0 bridgehead atoms. The SMILES string of the molecule is Cc1cc(C)cc(Nc2nccc(Nc3cc(C)on3)n2)c1.